The topological polar surface area (TPSA) is 84.5 Å². The second-order valence-corrected chi connectivity index (χ2v) is 8.21. The van der Waals surface area contributed by atoms with Gasteiger partial charge in [-0.2, -0.15) is 0 Å². The Bertz CT molecular complexity index is 679. The van der Waals surface area contributed by atoms with E-state index in [1.165, 1.54) is 0 Å². The summed E-state index contributed by atoms with van der Waals surface area (Å²) in [5.41, 5.74) is 1.45. The summed E-state index contributed by atoms with van der Waals surface area (Å²) in [6.45, 7) is 5.35. The molecule has 0 aromatic heterocycles. The Kier molecular flexibility index (Phi) is 5.31. The molecule has 2 N–H and O–H groups in total. The minimum atomic E-state index is -3.51. The summed E-state index contributed by atoms with van der Waals surface area (Å²) in [6.07, 6.45) is 1.71. The zero-order valence-corrected chi connectivity index (χ0v) is 14.6. The summed E-state index contributed by atoms with van der Waals surface area (Å²) in [5.74, 6) is 0.274. The first-order valence-corrected chi connectivity index (χ1v) is 9.64. The highest BCUT2D eigenvalue weighted by Gasteiger charge is 2.48. The van der Waals surface area contributed by atoms with Crippen LogP contribution < -0.4 is 15.4 Å². The molecule has 6 nitrogen and oxygen atoms in total. The van der Waals surface area contributed by atoms with E-state index in [4.69, 9.17) is 4.74 Å². The highest BCUT2D eigenvalue weighted by Crippen LogP contribution is 2.30. The van der Waals surface area contributed by atoms with Gasteiger partial charge in [0.15, 0.2) is 14.6 Å². The Morgan fingerprint density at radius 2 is 2.00 bits per heavy atom. The lowest BCUT2D eigenvalue weighted by molar-refractivity contribution is -0.119. The van der Waals surface area contributed by atoms with E-state index in [-0.39, 0.29) is 12.8 Å². The van der Waals surface area contributed by atoms with Crippen LogP contribution in [0.3, 0.4) is 0 Å². The predicted molar refractivity (Wildman–Crippen MR) is 90.7 cm³/mol. The van der Waals surface area contributed by atoms with E-state index in [1.54, 1.807) is 12.1 Å². The molecule has 23 heavy (non-hydrogen) atoms. The largest absolute Gasteiger partial charge is 0.494 e. The molecule has 128 valence electrons. The van der Waals surface area contributed by atoms with Gasteiger partial charge in [0.2, 0.25) is 5.91 Å². The standard InChI is InChI=1S/C16H24N2O4S/c1-4-22-13-5-6-14(12(2)11-13)18-15(19)16(23(3,20)21)7-9-17-10-8-16/h5-6,11,17H,4,7-10H2,1-3H3,(H,18,19). The number of piperidine rings is 1. The Labute approximate surface area is 137 Å². The number of anilines is 1. The van der Waals surface area contributed by atoms with Crippen LogP contribution in [0.15, 0.2) is 18.2 Å². The maximum atomic E-state index is 12.7. The summed E-state index contributed by atoms with van der Waals surface area (Å²) >= 11 is 0. The van der Waals surface area contributed by atoms with Gasteiger partial charge in [-0.25, -0.2) is 8.42 Å². The number of hydrogen-bond acceptors (Lipinski definition) is 5. The smallest absolute Gasteiger partial charge is 0.245 e. The number of carbonyl (C=O) groups excluding carboxylic acids is 1. The molecule has 1 amide bonds. The van der Waals surface area contributed by atoms with Gasteiger partial charge >= 0.3 is 0 Å². The highest BCUT2D eigenvalue weighted by atomic mass is 32.2. The monoisotopic (exact) mass is 340 g/mol. The van der Waals surface area contributed by atoms with Crippen LogP contribution in [0.4, 0.5) is 5.69 Å². The molecule has 1 fully saturated rings. The number of amides is 1. The molecule has 2 rings (SSSR count). The number of sulfone groups is 1. The molecule has 0 radical (unpaired) electrons. The number of nitrogens with one attached hydrogen (secondary N) is 2. The summed E-state index contributed by atoms with van der Waals surface area (Å²) in [5, 5.41) is 5.90. The van der Waals surface area contributed by atoms with Gasteiger partial charge in [0, 0.05) is 11.9 Å². The molecule has 1 aliphatic rings. The number of carbonyl (C=O) groups is 1. The van der Waals surface area contributed by atoms with E-state index < -0.39 is 20.5 Å². The molecule has 0 atom stereocenters. The van der Waals surface area contributed by atoms with Gasteiger partial charge in [-0.3, -0.25) is 4.79 Å². The van der Waals surface area contributed by atoms with Crippen LogP contribution in [0.25, 0.3) is 0 Å². The van der Waals surface area contributed by atoms with Crippen LogP contribution in [0.2, 0.25) is 0 Å². The van der Waals surface area contributed by atoms with Crippen molar-refractivity contribution in [2.45, 2.75) is 31.4 Å². The first kappa shape index (κ1) is 17.7. The number of hydrogen-bond donors (Lipinski definition) is 2. The summed E-state index contributed by atoms with van der Waals surface area (Å²) in [7, 11) is -3.51. The number of benzene rings is 1. The van der Waals surface area contributed by atoms with E-state index >= 15 is 0 Å². The highest BCUT2D eigenvalue weighted by molar-refractivity contribution is 7.92. The number of ether oxygens (including phenoxy) is 1. The van der Waals surface area contributed by atoms with E-state index in [2.05, 4.69) is 10.6 Å². The number of aryl methyl sites for hydroxylation is 1. The summed E-state index contributed by atoms with van der Waals surface area (Å²) in [4.78, 5) is 12.7. The minimum Gasteiger partial charge on any atom is -0.494 e. The van der Waals surface area contributed by atoms with Crippen LogP contribution in [0, 0.1) is 6.92 Å². The van der Waals surface area contributed by atoms with Gasteiger partial charge in [0.05, 0.1) is 6.61 Å². The van der Waals surface area contributed by atoms with Crippen LogP contribution in [-0.2, 0) is 14.6 Å². The van der Waals surface area contributed by atoms with Crippen molar-refractivity contribution in [3.8, 4) is 5.75 Å². The maximum absolute atomic E-state index is 12.7. The van der Waals surface area contributed by atoms with Gasteiger partial charge < -0.3 is 15.4 Å². The van der Waals surface area contributed by atoms with Crippen molar-refractivity contribution >= 4 is 21.4 Å². The van der Waals surface area contributed by atoms with Crippen LogP contribution >= 0.6 is 0 Å². The van der Waals surface area contributed by atoms with E-state index in [1.807, 2.05) is 19.9 Å². The Morgan fingerprint density at radius 1 is 1.35 bits per heavy atom. The molecule has 1 heterocycles. The fourth-order valence-electron chi connectivity index (χ4n) is 2.87. The Balaban J connectivity index is 2.26. The quantitative estimate of drug-likeness (QED) is 0.848. The minimum absolute atomic E-state index is 0.285. The molecule has 0 bridgehead atoms. The maximum Gasteiger partial charge on any atom is 0.245 e. The van der Waals surface area contributed by atoms with E-state index in [9.17, 15) is 13.2 Å². The summed E-state index contributed by atoms with van der Waals surface area (Å²) < 4.78 is 28.6. The molecule has 1 aromatic rings. The van der Waals surface area contributed by atoms with Gasteiger partial charge in [-0.05, 0) is 63.5 Å². The fraction of sp³-hybridized carbons (Fsp3) is 0.562. The van der Waals surface area contributed by atoms with Crippen molar-refractivity contribution in [3.05, 3.63) is 23.8 Å². The van der Waals surface area contributed by atoms with Crippen molar-refractivity contribution in [2.75, 3.05) is 31.3 Å². The average Bonchev–Trinajstić information content (AvgIpc) is 2.50. The lowest BCUT2D eigenvalue weighted by atomic mass is 9.95. The van der Waals surface area contributed by atoms with Gasteiger partial charge in [0.1, 0.15) is 5.75 Å². The normalized spacial score (nSPS) is 17.5. The molecule has 0 unspecified atom stereocenters. The lowest BCUT2D eigenvalue weighted by Gasteiger charge is -2.34. The molecule has 0 spiro atoms. The Hall–Kier alpha value is -1.60. The van der Waals surface area contributed by atoms with Crippen molar-refractivity contribution in [1.82, 2.24) is 5.32 Å². The zero-order chi connectivity index (χ0) is 17.1. The third-order valence-corrected chi connectivity index (χ3v) is 6.31. The molecule has 1 aliphatic heterocycles. The van der Waals surface area contributed by atoms with Crippen molar-refractivity contribution in [2.24, 2.45) is 0 Å². The molecular formula is C16H24N2O4S. The first-order valence-electron chi connectivity index (χ1n) is 7.75. The SMILES string of the molecule is CCOc1ccc(NC(=O)C2(S(C)(=O)=O)CCNCC2)c(C)c1. The average molecular weight is 340 g/mol. The first-order chi connectivity index (χ1) is 10.8. The van der Waals surface area contributed by atoms with Gasteiger partial charge in [-0.1, -0.05) is 0 Å². The fourth-order valence-corrected chi connectivity index (χ4v) is 4.20. The van der Waals surface area contributed by atoms with E-state index in [0.29, 0.717) is 25.4 Å². The van der Waals surface area contributed by atoms with E-state index in [0.717, 1.165) is 17.6 Å². The van der Waals surface area contributed by atoms with Crippen molar-refractivity contribution < 1.29 is 17.9 Å². The predicted octanol–water partition coefficient (Wildman–Crippen LogP) is 1.50. The van der Waals surface area contributed by atoms with Gasteiger partial charge in [-0.15, -0.1) is 0 Å². The molecule has 0 aliphatic carbocycles. The van der Waals surface area contributed by atoms with Crippen LogP contribution in [0.5, 0.6) is 5.75 Å². The third kappa shape index (κ3) is 3.67. The molecule has 0 saturated carbocycles. The van der Waals surface area contributed by atoms with Crippen molar-refractivity contribution in [3.63, 3.8) is 0 Å². The molecule has 1 aromatic carbocycles. The molecular weight excluding hydrogens is 316 g/mol. The zero-order valence-electron chi connectivity index (χ0n) is 13.8. The Morgan fingerprint density at radius 3 is 2.52 bits per heavy atom. The number of rotatable bonds is 5. The second-order valence-electron chi connectivity index (χ2n) is 5.88. The molecule has 7 heteroatoms. The summed E-state index contributed by atoms with van der Waals surface area (Å²) in [6, 6.07) is 5.34. The molecule has 1 saturated heterocycles. The second kappa shape index (κ2) is 6.88. The van der Waals surface area contributed by atoms with Crippen LogP contribution in [0.1, 0.15) is 25.3 Å². The van der Waals surface area contributed by atoms with Crippen LogP contribution in [-0.4, -0.2) is 45.0 Å². The van der Waals surface area contributed by atoms with Crippen molar-refractivity contribution in [1.29, 1.82) is 0 Å². The lowest BCUT2D eigenvalue weighted by Crippen LogP contribution is -2.55. The third-order valence-electron chi connectivity index (χ3n) is 4.29. The van der Waals surface area contributed by atoms with Gasteiger partial charge in [0.25, 0.3) is 0 Å².